The Labute approximate surface area is 178 Å². The molecule has 0 aliphatic heterocycles. The Morgan fingerprint density at radius 2 is 1.53 bits per heavy atom. The van der Waals surface area contributed by atoms with Crippen molar-refractivity contribution in [3.63, 3.8) is 0 Å². The second-order valence-corrected chi connectivity index (χ2v) is 7.80. The van der Waals surface area contributed by atoms with Gasteiger partial charge in [-0.1, -0.05) is 0 Å². The minimum atomic E-state index is -5.03. The van der Waals surface area contributed by atoms with Crippen LogP contribution in [0.2, 0.25) is 0 Å². The van der Waals surface area contributed by atoms with E-state index in [1.54, 1.807) is 20.8 Å². The zero-order valence-electron chi connectivity index (χ0n) is 17.0. The Hall–Kier alpha value is -3.18. The number of alkyl carbamates (subject to hydrolysis) is 1. The van der Waals surface area contributed by atoms with Crippen LogP contribution >= 0.6 is 0 Å². The standard InChI is InChI=1S/C20H19F6NO5/c1-18(2,3)32-17(30)27-14(16(28)29)9-13-4-5-15(31-13)10-6-11(19(21,22)23)8-12(7-10)20(24,25)26/h4-8,14H,9H2,1-3H3,(H,27,30)(H,28,29). The van der Waals surface area contributed by atoms with Crippen molar-refractivity contribution < 1.29 is 50.2 Å². The lowest BCUT2D eigenvalue weighted by atomic mass is 10.0. The van der Waals surface area contributed by atoms with E-state index in [-0.39, 0.29) is 17.6 Å². The first kappa shape index (κ1) is 25.1. The van der Waals surface area contributed by atoms with Crippen LogP contribution in [0.15, 0.2) is 34.7 Å². The van der Waals surface area contributed by atoms with Crippen LogP contribution in [0.4, 0.5) is 31.1 Å². The van der Waals surface area contributed by atoms with Crippen LogP contribution in [0.25, 0.3) is 11.3 Å². The van der Waals surface area contributed by atoms with Gasteiger partial charge in [0.05, 0.1) is 11.1 Å². The van der Waals surface area contributed by atoms with Gasteiger partial charge in [-0.3, -0.25) is 0 Å². The van der Waals surface area contributed by atoms with E-state index >= 15 is 0 Å². The molecule has 32 heavy (non-hydrogen) atoms. The lowest BCUT2D eigenvalue weighted by Crippen LogP contribution is -2.44. The molecule has 1 unspecified atom stereocenters. The summed E-state index contributed by atoms with van der Waals surface area (Å²) in [5.74, 6) is -1.88. The summed E-state index contributed by atoms with van der Waals surface area (Å²) in [4.78, 5) is 23.2. The minimum Gasteiger partial charge on any atom is -0.480 e. The van der Waals surface area contributed by atoms with Gasteiger partial charge in [0.15, 0.2) is 0 Å². The summed E-state index contributed by atoms with van der Waals surface area (Å²) in [5.41, 5.74) is -4.43. The highest BCUT2D eigenvalue weighted by molar-refractivity contribution is 5.80. The summed E-state index contributed by atoms with van der Waals surface area (Å²) < 4.78 is 88.5. The number of amides is 1. The molecule has 1 aromatic heterocycles. The SMILES string of the molecule is CC(C)(C)OC(=O)NC(Cc1ccc(-c2cc(C(F)(F)F)cc(C(F)(F)F)c2)o1)C(=O)O. The monoisotopic (exact) mass is 467 g/mol. The maximum absolute atomic E-state index is 13.0. The van der Waals surface area contributed by atoms with Crippen LogP contribution in [-0.4, -0.2) is 28.8 Å². The van der Waals surface area contributed by atoms with Crippen LogP contribution < -0.4 is 5.32 Å². The third-order valence-electron chi connectivity index (χ3n) is 3.93. The summed E-state index contributed by atoms with van der Waals surface area (Å²) in [7, 11) is 0. The van der Waals surface area contributed by atoms with Gasteiger partial charge in [0, 0.05) is 12.0 Å². The molecule has 0 saturated heterocycles. The van der Waals surface area contributed by atoms with Crippen LogP contribution in [0.1, 0.15) is 37.7 Å². The number of carboxylic acids is 1. The van der Waals surface area contributed by atoms with Gasteiger partial charge in [-0.2, -0.15) is 26.3 Å². The highest BCUT2D eigenvalue weighted by Crippen LogP contribution is 2.39. The summed E-state index contributed by atoms with van der Waals surface area (Å²) in [6.45, 7) is 4.68. The molecule has 0 bridgehead atoms. The number of carboxylic acid groups (broad SMARTS) is 1. The molecule has 1 atom stereocenters. The van der Waals surface area contributed by atoms with Crippen molar-refractivity contribution in [1.82, 2.24) is 5.32 Å². The number of rotatable bonds is 5. The van der Waals surface area contributed by atoms with Crippen molar-refractivity contribution >= 4 is 12.1 Å². The summed E-state index contributed by atoms with van der Waals surface area (Å²) >= 11 is 0. The Balaban J connectivity index is 2.31. The van der Waals surface area contributed by atoms with Gasteiger partial charge in [-0.25, -0.2) is 9.59 Å². The number of benzene rings is 1. The Morgan fingerprint density at radius 3 is 1.97 bits per heavy atom. The lowest BCUT2D eigenvalue weighted by Gasteiger charge is -2.21. The largest absolute Gasteiger partial charge is 0.480 e. The van der Waals surface area contributed by atoms with Gasteiger partial charge in [0.1, 0.15) is 23.2 Å². The van der Waals surface area contributed by atoms with E-state index in [9.17, 15) is 41.0 Å². The first-order valence-electron chi connectivity index (χ1n) is 9.06. The number of hydrogen-bond donors (Lipinski definition) is 2. The minimum absolute atomic E-state index is 0.0153. The first-order valence-corrected chi connectivity index (χ1v) is 9.06. The Bertz CT molecular complexity index is 955. The third kappa shape index (κ3) is 6.92. The van der Waals surface area contributed by atoms with Gasteiger partial charge in [-0.15, -0.1) is 0 Å². The predicted octanol–water partition coefficient (Wildman–Crippen LogP) is 5.50. The molecule has 1 aromatic carbocycles. The highest BCUT2D eigenvalue weighted by Gasteiger charge is 2.37. The molecule has 176 valence electrons. The summed E-state index contributed by atoms with van der Waals surface area (Å²) in [6.07, 6.45) is -11.5. The summed E-state index contributed by atoms with van der Waals surface area (Å²) in [6, 6.07) is 1.75. The average molecular weight is 467 g/mol. The molecule has 6 nitrogen and oxygen atoms in total. The molecule has 0 saturated carbocycles. The number of carbonyl (C=O) groups is 2. The number of furan rings is 1. The maximum Gasteiger partial charge on any atom is 0.416 e. The molecule has 2 N–H and O–H groups in total. The van der Waals surface area contributed by atoms with Gasteiger partial charge < -0.3 is 19.6 Å². The predicted molar refractivity (Wildman–Crippen MR) is 98.6 cm³/mol. The van der Waals surface area contributed by atoms with E-state index in [2.05, 4.69) is 5.32 Å². The van der Waals surface area contributed by atoms with Crippen molar-refractivity contribution in [2.24, 2.45) is 0 Å². The number of halogens is 6. The van der Waals surface area contributed by atoms with Crippen molar-refractivity contribution in [1.29, 1.82) is 0 Å². The third-order valence-corrected chi connectivity index (χ3v) is 3.93. The molecule has 12 heteroatoms. The molecule has 2 rings (SSSR count). The zero-order valence-corrected chi connectivity index (χ0v) is 17.0. The quantitative estimate of drug-likeness (QED) is 0.567. The Morgan fingerprint density at radius 1 is 1.00 bits per heavy atom. The fourth-order valence-corrected chi connectivity index (χ4v) is 2.59. The molecule has 0 aliphatic carbocycles. The van der Waals surface area contributed by atoms with Crippen molar-refractivity contribution in [3.05, 3.63) is 47.2 Å². The van der Waals surface area contributed by atoms with E-state index in [1.165, 1.54) is 6.07 Å². The fourth-order valence-electron chi connectivity index (χ4n) is 2.59. The number of ether oxygens (including phenoxy) is 1. The van der Waals surface area contributed by atoms with Crippen LogP contribution in [0.3, 0.4) is 0 Å². The number of nitrogens with one attached hydrogen (secondary N) is 1. The van der Waals surface area contributed by atoms with Crippen molar-refractivity contribution in [2.45, 2.75) is 51.2 Å². The normalized spacial score (nSPS) is 13.5. The Kier molecular flexibility index (Phi) is 6.86. The number of aliphatic carboxylic acids is 1. The molecular weight excluding hydrogens is 448 g/mol. The van der Waals surface area contributed by atoms with Crippen molar-refractivity contribution in [3.8, 4) is 11.3 Å². The molecule has 0 radical (unpaired) electrons. The van der Waals surface area contributed by atoms with Crippen LogP contribution in [0.5, 0.6) is 0 Å². The second-order valence-electron chi connectivity index (χ2n) is 7.80. The summed E-state index contributed by atoms with van der Waals surface area (Å²) in [5, 5.41) is 11.4. The highest BCUT2D eigenvalue weighted by atomic mass is 19.4. The second kappa shape index (κ2) is 8.75. The zero-order chi connectivity index (χ0) is 24.5. The van der Waals surface area contributed by atoms with E-state index in [0.29, 0.717) is 12.1 Å². The molecule has 1 amide bonds. The molecule has 0 aliphatic rings. The number of hydrogen-bond acceptors (Lipinski definition) is 4. The smallest absolute Gasteiger partial charge is 0.416 e. The van der Waals surface area contributed by atoms with E-state index < -0.39 is 59.2 Å². The molecular formula is C20H19F6NO5. The van der Waals surface area contributed by atoms with E-state index in [1.807, 2.05) is 0 Å². The van der Waals surface area contributed by atoms with Gasteiger partial charge >= 0.3 is 24.4 Å². The fraction of sp³-hybridized carbons (Fsp3) is 0.400. The van der Waals surface area contributed by atoms with E-state index in [4.69, 9.17) is 9.15 Å². The first-order chi connectivity index (χ1) is 14.5. The van der Waals surface area contributed by atoms with E-state index in [0.717, 1.165) is 6.07 Å². The molecule has 0 spiro atoms. The number of alkyl halides is 6. The lowest BCUT2D eigenvalue weighted by molar-refractivity contribution is -0.143. The van der Waals surface area contributed by atoms with Crippen LogP contribution in [0, 0.1) is 0 Å². The topological polar surface area (TPSA) is 88.8 Å². The van der Waals surface area contributed by atoms with Gasteiger partial charge in [-0.05, 0) is 51.1 Å². The maximum atomic E-state index is 13.0. The average Bonchev–Trinajstić information content (AvgIpc) is 3.06. The van der Waals surface area contributed by atoms with Crippen molar-refractivity contribution in [2.75, 3.05) is 0 Å². The number of carbonyl (C=O) groups excluding carboxylic acids is 1. The van der Waals surface area contributed by atoms with Gasteiger partial charge in [0.2, 0.25) is 0 Å². The van der Waals surface area contributed by atoms with Gasteiger partial charge in [0.25, 0.3) is 0 Å². The van der Waals surface area contributed by atoms with Crippen LogP contribution in [-0.2, 0) is 28.3 Å². The molecule has 2 aromatic rings. The molecule has 0 fully saturated rings. The molecule has 1 heterocycles.